The molecule has 0 spiro atoms. The minimum atomic E-state index is 0.238. The zero-order chi connectivity index (χ0) is 9.80. The van der Waals surface area contributed by atoms with Crippen LogP contribution in [0.3, 0.4) is 0 Å². The lowest BCUT2D eigenvalue weighted by Gasteiger charge is -2.19. The molecule has 0 aromatic carbocycles. The average molecular weight is 197 g/mol. The molecule has 5 nitrogen and oxygen atoms in total. The van der Waals surface area contributed by atoms with Gasteiger partial charge in [0.25, 0.3) is 0 Å². The van der Waals surface area contributed by atoms with E-state index in [0.29, 0.717) is 18.4 Å². The quantitative estimate of drug-likeness (QED) is 0.784. The molecule has 0 saturated carbocycles. The number of rotatable bonds is 3. The highest BCUT2D eigenvalue weighted by Gasteiger charge is 2.20. The second kappa shape index (κ2) is 4.52. The van der Waals surface area contributed by atoms with Gasteiger partial charge < -0.3 is 14.5 Å². The van der Waals surface area contributed by atoms with Crippen molar-refractivity contribution in [2.24, 2.45) is 0 Å². The van der Waals surface area contributed by atoms with Crippen molar-refractivity contribution in [2.45, 2.75) is 31.9 Å². The van der Waals surface area contributed by atoms with Gasteiger partial charge in [-0.2, -0.15) is 0 Å². The van der Waals surface area contributed by atoms with Gasteiger partial charge >= 0.3 is 0 Å². The van der Waals surface area contributed by atoms with Gasteiger partial charge in [-0.25, -0.2) is 0 Å². The van der Waals surface area contributed by atoms with E-state index in [9.17, 15) is 0 Å². The summed E-state index contributed by atoms with van der Waals surface area (Å²) in [5.74, 6) is 1.24. The number of aromatic nitrogens is 2. The fraction of sp³-hybridized carbons (Fsp3) is 0.778. The first-order valence-electron chi connectivity index (χ1n) is 4.95. The van der Waals surface area contributed by atoms with Gasteiger partial charge in [-0.05, 0) is 19.4 Å². The summed E-state index contributed by atoms with van der Waals surface area (Å²) in [4.78, 5) is 0. The maximum absolute atomic E-state index is 5.45. The number of ether oxygens (including phenoxy) is 1. The number of methoxy groups -OCH3 is 1. The molecule has 1 fully saturated rings. The molecule has 2 rings (SSSR count). The Labute approximate surface area is 82.8 Å². The molecule has 1 atom stereocenters. The van der Waals surface area contributed by atoms with Gasteiger partial charge in [-0.15, -0.1) is 10.2 Å². The molecule has 0 aliphatic carbocycles. The maximum Gasteiger partial charge on any atom is 0.242 e. The van der Waals surface area contributed by atoms with Gasteiger partial charge in [0.15, 0.2) is 0 Å². The number of piperidine rings is 1. The minimum Gasteiger partial charge on any atom is -0.421 e. The fourth-order valence-corrected chi connectivity index (χ4v) is 1.65. The molecule has 1 aliphatic rings. The van der Waals surface area contributed by atoms with Gasteiger partial charge in [0.1, 0.15) is 6.61 Å². The van der Waals surface area contributed by atoms with Crippen LogP contribution in [-0.4, -0.2) is 23.9 Å². The third-order valence-electron chi connectivity index (χ3n) is 2.36. The van der Waals surface area contributed by atoms with Crippen molar-refractivity contribution >= 4 is 0 Å². The van der Waals surface area contributed by atoms with Crippen molar-refractivity contribution in [1.82, 2.24) is 15.5 Å². The summed E-state index contributed by atoms with van der Waals surface area (Å²) in [5.41, 5.74) is 0. The largest absolute Gasteiger partial charge is 0.421 e. The van der Waals surface area contributed by atoms with Crippen LogP contribution in [0, 0.1) is 0 Å². The SMILES string of the molecule is COCc1nnc([C@@H]2CCCCN2)o1. The predicted molar refractivity (Wildman–Crippen MR) is 49.6 cm³/mol. The Hall–Kier alpha value is -0.940. The zero-order valence-electron chi connectivity index (χ0n) is 8.32. The number of hydrogen-bond acceptors (Lipinski definition) is 5. The first-order valence-corrected chi connectivity index (χ1v) is 4.95. The van der Waals surface area contributed by atoms with Crippen LogP contribution in [0.2, 0.25) is 0 Å². The first kappa shape index (κ1) is 9.61. The molecule has 0 bridgehead atoms. The predicted octanol–water partition coefficient (Wildman–Crippen LogP) is 1.03. The van der Waals surface area contributed by atoms with E-state index in [2.05, 4.69) is 15.5 Å². The molecule has 78 valence electrons. The van der Waals surface area contributed by atoms with Crippen molar-refractivity contribution in [3.63, 3.8) is 0 Å². The van der Waals surface area contributed by atoms with Gasteiger partial charge in [0.2, 0.25) is 11.8 Å². The second-order valence-electron chi connectivity index (χ2n) is 3.47. The van der Waals surface area contributed by atoms with E-state index in [1.807, 2.05) is 0 Å². The van der Waals surface area contributed by atoms with Crippen LogP contribution >= 0.6 is 0 Å². The van der Waals surface area contributed by atoms with Gasteiger partial charge in [0.05, 0.1) is 6.04 Å². The molecule has 5 heteroatoms. The van der Waals surface area contributed by atoms with E-state index in [-0.39, 0.29) is 6.04 Å². The molecule has 1 N–H and O–H groups in total. The lowest BCUT2D eigenvalue weighted by atomic mass is 10.1. The van der Waals surface area contributed by atoms with Gasteiger partial charge in [0, 0.05) is 7.11 Å². The van der Waals surface area contributed by atoms with Crippen LogP contribution in [0.1, 0.15) is 37.1 Å². The fourth-order valence-electron chi connectivity index (χ4n) is 1.65. The molecule has 0 amide bonds. The lowest BCUT2D eigenvalue weighted by molar-refractivity contribution is 0.156. The van der Waals surface area contributed by atoms with Gasteiger partial charge in [-0.1, -0.05) is 6.42 Å². The molecule has 1 aromatic heterocycles. The average Bonchev–Trinajstić information content (AvgIpc) is 2.68. The monoisotopic (exact) mass is 197 g/mol. The lowest BCUT2D eigenvalue weighted by Crippen LogP contribution is -2.26. The topological polar surface area (TPSA) is 60.2 Å². The molecule has 1 aromatic rings. The molecule has 14 heavy (non-hydrogen) atoms. The van der Waals surface area contributed by atoms with E-state index in [1.54, 1.807) is 7.11 Å². The van der Waals surface area contributed by atoms with Crippen molar-refractivity contribution < 1.29 is 9.15 Å². The summed E-state index contributed by atoms with van der Waals surface area (Å²) in [6.07, 6.45) is 3.53. The summed E-state index contributed by atoms with van der Waals surface area (Å²) in [7, 11) is 1.61. The highest BCUT2D eigenvalue weighted by Crippen LogP contribution is 2.21. The Bertz CT molecular complexity index is 281. The normalized spacial score (nSPS) is 22.5. The Morgan fingerprint density at radius 3 is 3.14 bits per heavy atom. The zero-order valence-corrected chi connectivity index (χ0v) is 8.32. The molecule has 0 unspecified atom stereocenters. The molecule has 2 heterocycles. The molecule has 1 aliphatic heterocycles. The molecular formula is C9H15N3O2. The van der Waals surface area contributed by atoms with E-state index in [1.165, 1.54) is 12.8 Å². The van der Waals surface area contributed by atoms with E-state index < -0.39 is 0 Å². The van der Waals surface area contributed by atoms with E-state index in [0.717, 1.165) is 13.0 Å². The Morgan fingerprint density at radius 2 is 2.43 bits per heavy atom. The van der Waals surface area contributed by atoms with Crippen molar-refractivity contribution in [1.29, 1.82) is 0 Å². The van der Waals surface area contributed by atoms with E-state index in [4.69, 9.17) is 9.15 Å². The van der Waals surface area contributed by atoms with E-state index >= 15 is 0 Å². The summed E-state index contributed by atoms with van der Waals surface area (Å²) in [6, 6.07) is 0.238. The number of hydrogen-bond donors (Lipinski definition) is 1. The number of nitrogens with zero attached hydrogens (tertiary/aromatic N) is 2. The molecule has 0 radical (unpaired) electrons. The van der Waals surface area contributed by atoms with Crippen LogP contribution in [-0.2, 0) is 11.3 Å². The Balaban J connectivity index is 2.00. The van der Waals surface area contributed by atoms with Crippen molar-refractivity contribution in [3.05, 3.63) is 11.8 Å². The summed E-state index contributed by atoms with van der Waals surface area (Å²) >= 11 is 0. The Kier molecular flexibility index (Phi) is 3.10. The highest BCUT2D eigenvalue weighted by atomic mass is 16.5. The smallest absolute Gasteiger partial charge is 0.242 e. The highest BCUT2D eigenvalue weighted by molar-refractivity contribution is 4.91. The summed E-state index contributed by atoms with van der Waals surface area (Å²) in [5, 5.41) is 11.3. The van der Waals surface area contributed by atoms with Crippen LogP contribution < -0.4 is 5.32 Å². The first-order chi connectivity index (χ1) is 6.90. The van der Waals surface area contributed by atoms with Crippen LogP contribution in [0.5, 0.6) is 0 Å². The molecular weight excluding hydrogens is 182 g/mol. The third kappa shape index (κ3) is 2.10. The van der Waals surface area contributed by atoms with Crippen LogP contribution in [0.15, 0.2) is 4.42 Å². The standard InChI is InChI=1S/C9H15N3O2/c1-13-6-8-11-12-9(14-8)7-4-2-3-5-10-7/h7,10H,2-6H2,1H3/t7-/m0/s1. The minimum absolute atomic E-state index is 0.238. The van der Waals surface area contributed by atoms with Crippen molar-refractivity contribution in [2.75, 3.05) is 13.7 Å². The Morgan fingerprint density at radius 1 is 1.50 bits per heavy atom. The number of nitrogens with one attached hydrogen (secondary N) is 1. The second-order valence-corrected chi connectivity index (χ2v) is 3.47. The molecule has 1 saturated heterocycles. The maximum atomic E-state index is 5.45. The summed E-state index contributed by atoms with van der Waals surface area (Å²) in [6.45, 7) is 1.42. The van der Waals surface area contributed by atoms with Crippen LogP contribution in [0.25, 0.3) is 0 Å². The third-order valence-corrected chi connectivity index (χ3v) is 2.36. The van der Waals surface area contributed by atoms with Gasteiger partial charge in [-0.3, -0.25) is 0 Å². The van der Waals surface area contributed by atoms with Crippen LogP contribution in [0.4, 0.5) is 0 Å². The van der Waals surface area contributed by atoms with Crippen molar-refractivity contribution in [3.8, 4) is 0 Å². The summed E-state index contributed by atoms with van der Waals surface area (Å²) < 4.78 is 10.4.